The molecule has 0 saturated heterocycles. The molecule has 3 nitrogen and oxygen atoms in total. The second kappa shape index (κ2) is 3.05. The van der Waals surface area contributed by atoms with E-state index in [1.807, 2.05) is 16.8 Å². The molecule has 1 aliphatic carbocycles. The maximum Gasteiger partial charge on any atom is 0.127 e. The summed E-state index contributed by atoms with van der Waals surface area (Å²) in [5, 5.41) is 8.34. The van der Waals surface area contributed by atoms with Crippen LogP contribution < -0.4 is 0 Å². The molecule has 4 heteroatoms. The van der Waals surface area contributed by atoms with Gasteiger partial charge in [-0.05, 0) is 46.8 Å². The van der Waals surface area contributed by atoms with Gasteiger partial charge >= 0.3 is 0 Å². The van der Waals surface area contributed by atoms with E-state index in [2.05, 4.69) is 32.3 Å². The summed E-state index contributed by atoms with van der Waals surface area (Å²) in [4.78, 5) is 0. The van der Waals surface area contributed by atoms with Crippen molar-refractivity contribution in [2.24, 2.45) is 5.92 Å². The number of benzene rings is 1. The molecule has 0 N–H and O–H groups in total. The minimum absolute atomic E-state index is 0.832. The molecule has 1 fully saturated rings. The zero-order valence-electron chi connectivity index (χ0n) is 7.65. The highest BCUT2D eigenvalue weighted by Crippen LogP contribution is 2.31. The Balaban J connectivity index is 2.10. The van der Waals surface area contributed by atoms with E-state index in [1.54, 1.807) is 0 Å². The lowest BCUT2D eigenvalue weighted by Crippen LogP contribution is -2.01. The molecule has 0 unspecified atom stereocenters. The highest BCUT2D eigenvalue weighted by molar-refractivity contribution is 9.10. The maximum absolute atomic E-state index is 4.17. The first-order chi connectivity index (χ1) is 6.84. The second-order valence-corrected chi connectivity index (χ2v) is 4.68. The molecule has 0 spiro atoms. The summed E-state index contributed by atoms with van der Waals surface area (Å²) in [6.07, 6.45) is 2.69. The zero-order valence-corrected chi connectivity index (χ0v) is 9.24. The fourth-order valence-corrected chi connectivity index (χ4v) is 2.07. The van der Waals surface area contributed by atoms with Gasteiger partial charge in [-0.3, -0.25) is 0 Å². The third-order valence-corrected chi connectivity index (χ3v) is 3.26. The molecule has 0 aliphatic heterocycles. The van der Waals surface area contributed by atoms with Gasteiger partial charge in [-0.25, -0.2) is 4.68 Å². The summed E-state index contributed by atoms with van der Waals surface area (Å²) in [7, 11) is 0. The van der Waals surface area contributed by atoms with Crippen LogP contribution in [0, 0.1) is 5.92 Å². The van der Waals surface area contributed by atoms with E-state index in [1.165, 1.54) is 12.8 Å². The predicted octanol–water partition coefficient (Wildman–Crippen LogP) is 2.60. The summed E-state index contributed by atoms with van der Waals surface area (Å²) >= 11 is 3.48. The SMILES string of the molecule is Brc1cccc2c1nnn2CC1CC1. The lowest BCUT2D eigenvalue weighted by atomic mass is 10.3. The molecule has 0 bridgehead atoms. The normalized spacial score (nSPS) is 16.4. The molecule has 14 heavy (non-hydrogen) atoms. The first-order valence-corrected chi connectivity index (χ1v) is 5.61. The Hall–Kier alpha value is -0.900. The molecule has 1 heterocycles. The number of halogens is 1. The van der Waals surface area contributed by atoms with Crippen molar-refractivity contribution in [3.05, 3.63) is 22.7 Å². The fraction of sp³-hybridized carbons (Fsp3) is 0.400. The Labute approximate surface area is 90.2 Å². The van der Waals surface area contributed by atoms with E-state index >= 15 is 0 Å². The third kappa shape index (κ3) is 1.34. The molecule has 0 amide bonds. The molecule has 1 aromatic heterocycles. The van der Waals surface area contributed by atoms with Crippen molar-refractivity contribution in [1.82, 2.24) is 15.0 Å². The molecule has 3 rings (SSSR count). The molecular formula is C10H10BrN3. The maximum atomic E-state index is 4.17. The zero-order chi connectivity index (χ0) is 9.54. The Kier molecular flexibility index (Phi) is 1.83. The minimum Gasteiger partial charge on any atom is -0.244 e. The Bertz CT molecular complexity index is 473. The van der Waals surface area contributed by atoms with Crippen LogP contribution in [-0.4, -0.2) is 15.0 Å². The van der Waals surface area contributed by atoms with Crippen LogP contribution in [0.5, 0.6) is 0 Å². The summed E-state index contributed by atoms with van der Waals surface area (Å²) in [6, 6.07) is 6.10. The first kappa shape index (κ1) is 8.41. The molecule has 0 atom stereocenters. The molecular weight excluding hydrogens is 242 g/mol. The van der Waals surface area contributed by atoms with Crippen molar-refractivity contribution >= 4 is 27.0 Å². The standard InChI is InChI=1S/C10H10BrN3/c11-8-2-1-3-9-10(8)12-13-14(9)6-7-4-5-7/h1-3,7H,4-6H2. The molecule has 0 radical (unpaired) electrons. The molecule has 1 aromatic carbocycles. The van der Waals surface area contributed by atoms with Crippen LogP contribution in [0.4, 0.5) is 0 Å². The summed E-state index contributed by atoms with van der Waals surface area (Å²) < 4.78 is 3.04. The predicted molar refractivity (Wildman–Crippen MR) is 58.0 cm³/mol. The van der Waals surface area contributed by atoms with E-state index in [4.69, 9.17) is 0 Å². The number of hydrogen-bond acceptors (Lipinski definition) is 2. The monoisotopic (exact) mass is 251 g/mol. The van der Waals surface area contributed by atoms with Crippen molar-refractivity contribution in [2.45, 2.75) is 19.4 Å². The Morgan fingerprint density at radius 1 is 1.43 bits per heavy atom. The number of rotatable bonds is 2. The summed E-state index contributed by atoms with van der Waals surface area (Å²) in [6.45, 7) is 1.02. The van der Waals surface area contributed by atoms with Gasteiger partial charge in [0.1, 0.15) is 5.52 Å². The van der Waals surface area contributed by atoms with Gasteiger partial charge in [-0.2, -0.15) is 0 Å². The highest BCUT2D eigenvalue weighted by atomic mass is 79.9. The van der Waals surface area contributed by atoms with Gasteiger partial charge in [0.05, 0.1) is 5.52 Å². The number of nitrogens with zero attached hydrogens (tertiary/aromatic N) is 3. The van der Waals surface area contributed by atoms with E-state index in [9.17, 15) is 0 Å². The van der Waals surface area contributed by atoms with Crippen LogP contribution in [0.3, 0.4) is 0 Å². The first-order valence-electron chi connectivity index (χ1n) is 4.82. The average Bonchev–Trinajstić information content (AvgIpc) is 2.88. The van der Waals surface area contributed by atoms with Gasteiger partial charge < -0.3 is 0 Å². The fourth-order valence-electron chi connectivity index (χ4n) is 1.64. The Morgan fingerprint density at radius 3 is 3.07 bits per heavy atom. The van der Waals surface area contributed by atoms with Crippen LogP contribution in [0.1, 0.15) is 12.8 Å². The highest BCUT2D eigenvalue weighted by Gasteiger charge is 2.23. The van der Waals surface area contributed by atoms with Crippen LogP contribution >= 0.6 is 15.9 Å². The van der Waals surface area contributed by atoms with E-state index in [-0.39, 0.29) is 0 Å². The van der Waals surface area contributed by atoms with Crippen molar-refractivity contribution in [3.8, 4) is 0 Å². The van der Waals surface area contributed by atoms with E-state index < -0.39 is 0 Å². The van der Waals surface area contributed by atoms with Crippen LogP contribution in [0.15, 0.2) is 22.7 Å². The summed E-state index contributed by atoms with van der Waals surface area (Å²) in [5.41, 5.74) is 2.10. The van der Waals surface area contributed by atoms with Gasteiger partial charge in [0.25, 0.3) is 0 Å². The van der Waals surface area contributed by atoms with Crippen LogP contribution in [0.2, 0.25) is 0 Å². The second-order valence-electron chi connectivity index (χ2n) is 3.82. The molecule has 72 valence electrons. The van der Waals surface area contributed by atoms with Crippen molar-refractivity contribution in [3.63, 3.8) is 0 Å². The van der Waals surface area contributed by atoms with Gasteiger partial charge in [0.2, 0.25) is 0 Å². The molecule has 1 aliphatic rings. The van der Waals surface area contributed by atoms with Gasteiger partial charge in [-0.1, -0.05) is 11.3 Å². The third-order valence-electron chi connectivity index (χ3n) is 2.62. The topological polar surface area (TPSA) is 30.7 Å². The smallest absolute Gasteiger partial charge is 0.127 e. The lowest BCUT2D eigenvalue weighted by Gasteiger charge is -1.99. The van der Waals surface area contributed by atoms with Crippen LogP contribution in [0.25, 0.3) is 11.0 Å². The number of hydrogen-bond donors (Lipinski definition) is 0. The van der Waals surface area contributed by atoms with Gasteiger partial charge in [0, 0.05) is 11.0 Å². The average molecular weight is 252 g/mol. The lowest BCUT2D eigenvalue weighted by molar-refractivity contribution is 0.559. The molecule has 2 aromatic rings. The van der Waals surface area contributed by atoms with Crippen molar-refractivity contribution in [2.75, 3.05) is 0 Å². The Morgan fingerprint density at radius 2 is 2.29 bits per heavy atom. The van der Waals surface area contributed by atoms with Crippen molar-refractivity contribution < 1.29 is 0 Å². The van der Waals surface area contributed by atoms with E-state index in [0.29, 0.717) is 0 Å². The quantitative estimate of drug-likeness (QED) is 0.822. The van der Waals surface area contributed by atoms with Crippen LogP contribution in [-0.2, 0) is 6.54 Å². The van der Waals surface area contributed by atoms with Gasteiger partial charge in [-0.15, -0.1) is 5.10 Å². The van der Waals surface area contributed by atoms with Gasteiger partial charge in [0.15, 0.2) is 0 Å². The largest absolute Gasteiger partial charge is 0.244 e. The minimum atomic E-state index is 0.832. The van der Waals surface area contributed by atoms with Crippen molar-refractivity contribution in [1.29, 1.82) is 0 Å². The molecule has 1 saturated carbocycles. The van der Waals surface area contributed by atoms with E-state index in [0.717, 1.165) is 28.0 Å². The number of fused-ring (bicyclic) bond motifs is 1. The number of aromatic nitrogens is 3. The summed E-state index contributed by atoms with van der Waals surface area (Å²) in [5.74, 6) is 0.832.